The van der Waals surface area contributed by atoms with Gasteiger partial charge in [-0.15, -0.1) is 0 Å². The zero-order valence-corrected chi connectivity index (χ0v) is 11.4. The second-order valence-corrected chi connectivity index (χ2v) is 4.69. The molecule has 0 saturated carbocycles. The van der Waals surface area contributed by atoms with E-state index in [1.165, 1.54) is 0 Å². The van der Waals surface area contributed by atoms with Crippen molar-refractivity contribution in [3.05, 3.63) is 28.5 Å². The highest BCUT2D eigenvalue weighted by Gasteiger charge is 2.16. The number of hydrogen-bond acceptors (Lipinski definition) is 3. The molecule has 0 bridgehead atoms. The molecule has 4 nitrogen and oxygen atoms in total. The molecule has 106 valence electrons. The number of nitrogens with one attached hydrogen (secondary N) is 1. The van der Waals surface area contributed by atoms with E-state index in [2.05, 4.69) is 5.32 Å². The minimum Gasteiger partial charge on any atom is -0.506 e. The van der Waals surface area contributed by atoms with Crippen molar-refractivity contribution in [2.75, 3.05) is 13.2 Å². The van der Waals surface area contributed by atoms with Crippen LogP contribution in [-0.4, -0.2) is 29.3 Å². The van der Waals surface area contributed by atoms with Crippen LogP contribution in [0.1, 0.15) is 30.1 Å². The van der Waals surface area contributed by atoms with Crippen molar-refractivity contribution in [3.63, 3.8) is 0 Å². The molecule has 0 aliphatic carbocycles. The molecule has 3 N–H and O–H groups in total. The monoisotopic (exact) mass is 289 g/mol. The molecular weight excluding hydrogens is 273 g/mol. The molecule has 0 aromatic heterocycles. The van der Waals surface area contributed by atoms with Crippen LogP contribution in [0.15, 0.2) is 12.1 Å². The number of aliphatic hydroxyl groups is 1. The van der Waals surface area contributed by atoms with E-state index in [1.54, 1.807) is 0 Å². The number of aromatic hydroxyl groups is 1. The topological polar surface area (TPSA) is 69.6 Å². The van der Waals surface area contributed by atoms with Crippen LogP contribution in [0.4, 0.5) is 4.39 Å². The Kier molecular flexibility index (Phi) is 6.05. The molecule has 0 aliphatic heterocycles. The Hall–Kier alpha value is -1.33. The first-order valence-electron chi connectivity index (χ1n) is 6.06. The third-order valence-corrected chi connectivity index (χ3v) is 3.23. The van der Waals surface area contributed by atoms with Gasteiger partial charge >= 0.3 is 0 Å². The van der Waals surface area contributed by atoms with Gasteiger partial charge in [0, 0.05) is 13.2 Å². The summed E-state index contributed by atoms with van der Waals surface area (Å²) in [6.45, 7) is 2.35. The average molecular weight is 290 g/mol. The fourth-order valence-corrected chi connectivity index (χ4v) is 1.91. The summed E-state index contributed by atoms with van der Waals surface area (Å²) in [5.74, 6) is -1.57. The Morgan fingerprint density at radius 1 is 1.53 bits per heavy atom. The van der Waals surface area contributed by atoms with Crippen LogP contribution in [0.2, 0.25) is 5.02 Å². The summed E-state index contributed by atoms with van der Waals surface area (Å²) in [7, 11) is 0. The Morgan fingerprint density at radius 2 is 2.21 bits per heavy atom. The summed E-state index contributed by atoms with van der Waals surface area (Å²) in [4.78, 5) is 11.8. The second-order valence-electron chi connectivity index (χ2n) is 4.28. The highest BCUT2D eigenvalue weighted by Crippen LogP contribution is 2.28. The number of phenolic OH excluding ortho intramolecular Hbond substituents is 1. The standard InChI is InChI=1S/C13H17ClFNO3/c1-2-8(3-4-17)7-16-13(19)10-5-9(15)6-11(14)12(10)18/h5-6,8,17-18H,2-4,7H2,1H3,(H,16,19). The van der Waals surface area contributed by atoms with Crippen LogP contribution in [0.3, 0.4) is 0 Å². The molecule has 1 amide bonds. The number of halogens is 2. The van der Waals surface area contributed by atoms with Gasteiger partial charge in [0.25, 0.3) is 5.91 Å². The molecule has 0 fully saturated rings. The highest BCUT2D eigenvalue weighted by molar-refractivity contribution is 6.32. The zero-order valence-electron chi connectivity index (χ0n) is 10.6. The van der Waals surface area contributed by atoms with Crippen LogP contribution in [0, 0.1) is 11.7 Å². The number of aliphatic hydroxyl groups excluding tert-OH is 1. The van der Waals surface area contributed by atoms with Crippen molar-refractivity contribution >= 4 is 17.5 Å². The number of benzene rings is 1. The summed E-state index contributed by atoms with van der Waals surface area (Å²) in [6.07, 6.45) is 1.38. The fraction of sp³-hybridized carbons (Fsp3) is 0.462. The van der Waals surface area contributed by atoms with Crippen molar-refractivity contribution in [2.24, 2.45) is 5.92 Å². The lowest BCUT2D eigenvalue weighted by Crippen LogP contribution is -2.29. The number of phenols is 1. The first kappa shape index (κ1) is 15.7. The van der Waals surface area contributed by atoms with Gasteiger partial charge in [0.1, 0.15) is 11.6 Å². The van der Waals surface area contributed by atoms with Crippen molar-refractivity contribution in [3.8, 4) is 5.75 Å². The molecular formula is C13H17ClFNO3. The number of rotatable bonds is 6. The van der Waals surface area contributed by atoms with Gasteiger partial charge in [-0.05, 0) is 24.5 Å². The van der Waals surface area contributed by atoms with Gasteiger partial charge < -0.3 is 15.5 Å². The van der Waals surface area contributed by atoms with E-state index >= 15 is 0 Å². The smallest absolute Gasteiger partial charge is 0.255 e. The Morgan fingerprint density at radius 3 is 2.79 bits per heavy atom. The normalized spacial score (nSPS) is 12.2. The zero-order chi connectivity index (χ0) is 14.4. The lowest BCUT2D eigenvalue weighted by molar-refractivity contribution is 0.0940. The number of carbonyl (C=O) groups excluding carboxylic acids is 1. The summed E-state index contributed by atoms with van der Waals surface area (Å²) < 4.78 is 13.1. The summed E-state index contributed by atoms with van der Waals surface area (Å²) in [6, 6.07) is 1.87. The molecule has 1 rings (SSSR count). The summed E-state index contributed by atoms with van der Waals surface area (Å²) in [5, 5.41) is 20.9. The maximum Gasteiger partial charge on any atom is 0.255 e. The Labute approximate surface area is 116 Å². The third kappa shape index (κ3) is 4.36. The maximum absolute atomic E-state index is 13.1. The molecule has 0 spiro atoms. The molecule has 6 heteroatoms. The van der Waals surface area contributed by atoms with Gasteiger partial charge in [0.2, 0.25) is 0 Å². The first-order chi connectivity index (χ1) is 8.99. The first-order valence-corrected chi connectivity index (χ1v) is 6.44. The van der Waals surface area contributed by atoms with Gasteiger partial charge in [-0.25, -0.2) is 4.39 Å². The SMILES string of the molecule is CCC(CCO)CNC(=O)c1cc(F)cc(Cl)c1O. The second kappa shape index (κ2) is 7.31. The molecule has 0 heterocycles. The minimum absolute atomic E-state index is 0.0470. The fourth-order valence-electron chi connectivity index (χ4n) is 1.70. The molecule has 1 aromatic carbocycles. The van der Waals surface area contributed by atoms with E-state index in [9.17, 15) is 14.3 Å². The number of amides is 1. The van der Waals surface area contributed by atoms with Crippen molar-refractivity contribution in [1.29, 1.82) is 0 Å². The summed E-state index contributed by atoms with van der Waals surface area (Å²) in [5.41, 5.74) is -0.191. The summed E-state index contributed by atoms with van der Waals surface area (Å²) >= 11 is 5.60. The van der Waals surface area contributed by atoms with Gasteiger partial charge in [0.05, 0.1) is 10.6 Å². The van der Waals surface area contributed by atoms with Gasteiger partial charge in [0.15, 0.2) is 0 Å². The van der Waals surface area contributed by atoms with E-state index in [1.807, 2.05) is 6.92 Å². The Bertz CT molecular complexity index is 454. The van der Waals surface area contributed by atoms with Crippen molar-refractivity contribution in [1.82, 2.24) is 5.32 Å². The lowest BCUT2D eigenvalue weighted by Gasteiger charge is -2.15. The molecule has 0 aliphatic rings. The lowest BCUT2D eigenvalue weighted by atomic mass is 10.0. The minimum atomic E-state index is -0.685. The number of hydrogen-bond donors (Lipinski definition) is 3. The predicted molar refractivity (Wildman–Crippen MR) is 70.9 cm³/mol. The van der Waals surface area contributed by atoms with Gasteiger partial charge in [-0.2, -0.15) is 0 Å². The van der Waals surface area contributed by atoms with E-state index < -0.39 is 17.5 Å². The molecule has 19 heavy (non-hydrogen) atoms. The van der Waals surface area contributed by atoms with Gasteiger partial charge in [-0.3, -0.25) is 4.79 Å². The molecule has 0 saturated heterocycles. The van der Waals surface area contributed by atoms with Crippen LogP contribution in [0.5, 0.6) is 5.75 Å². The van der Waals surface area contributed by atoms with E-state index in [4.69, 9.17) is 16.7 Å². The quantitative estimate of drug-likeness (QED) is 0.753. The largest absolute Gasteiger partial charge is 0.506 e. The van der Waals surface area contributed by atoms with Crippen LogP contribution in [0.25, 0.3) is 0 Å². The van der Waals surface area contributed by atoms with Crippen molar-refractivity contribution in [2.45, 2.75) is 19.8 Å². The van der Waals surface area contributed by atoms with Crippen LogP contribution < -0.4 is 5.32 Å². The van der Waals surface area contributed by atoms with E-state index in [-0.39, 0.29) is 23.1 Å². The average Bonchev–Trinajstić information content (AvgIpc) is 2.38. The number of carbonyl (C=O) groups is 1. The van der Waals surface area contributed by atoms with Crippen LogP contribution >= 0.6 is 11.6 Å². The maximum atomic E-state index is 13.1. The predicted octanol–water partition coefficient (Wildman–Crippen LogP) is 2.32. The highest BCUT2D eigenvalue weighted by atomic mass is 35.5. The van der Waals surface area contributed by atoms with E-state index in [0.29, 0.717) is 13.0 Å². The van der Waals surface area contributed by atoms with E-state index in [0.717, 1.165) is 18.6 Å². The van der Waals surface area contributed by atoms with Crippen molar-refractivity contribution < 1.29 is 19.4 Å². The third-order valence-electron chi connectivity index (χ3n) is 2.94. The molecule has 1 aromatic rings. The van der Waals surface area contributed by atoms with Gasteiger partial charge in [-0.1, -0.05) is 24.9 Å². The Balaban J connectivity index is 2.73. The molecule has 1 unspecified atom stereocenters. The van der Waals surface area contributed by atoms with Crippen LogP contribution in [-0.2, 0) is 0 Å². The molecule has 0 radical (unpaired) electrons. The molecule has 1 atom stereocenters.